The van der Waals surface area contributed by atoms with E-state index >= 15 is 0 Å². The van der Waals surface area contributed by atoms with Gasteiger partial charge in [0.15, 0.2) is 5.60 Å². The number of benzene rings is 4. The number of ether oxygens (including phenoxy) is 2. The molecule has 4 aromatic carbocycles. The number of fused-ring (bicyclic) bond motifs is 4. The van der Waals surface area contributed by atoms with Crippen molar-refractivity contribution in [3.63, 3.8) is 0 Å². The summed E-state index contributed by atoms with van der Waals surface area (Å²) in [6.45, 7) is 5.31. The number of nitrogens with one attached hydrogen (secondary N) is 1. The molecule has 46 heavy (non-hydrogen) atoms. The van der Waals surface area contributed by atoms with Gasteiger partial charge in [-0.3, -0.25) is 4.90 Å². The molecule has 1 saturated heterocycles. The van der Waals surface area contributed by atoms with Crippen LogP contribution in [0.4, 0.5) is 10.7 Å². The lowest BCUT2D eigenvalue weighted by Gasteiger charge is -2.35. The van der Waals surface area contributed by atoms with Gasteiger partial charge in [-0.15, -0.1) is 0 Å². The summed E-state index contributed by atoms with van der Waals surface area (Å²) in [5, 5.41) is 3.00. The first-order valence-corrected chi connectivity index (χ1v) is 16.2. The quantitative estimate of drug-likeness (QED) is 0.176. The summed E-state index contributed by atoms with van der Waals surface area (Å²) < 4.78 is 14.0. The molecule has 1 fully saturated rings. The third-order valence-electron chi connectivity index (χ3n) is 9.55. The molecule has 2 heterocycles. The summed E-state index contributed by atoms with van der Waals surface area (Å²) >= 11 is 0. The standard InChI is InChI=1S/C38H41N5O3/c1-41-35-16-8-7-15-34(35)40-36(41)43-25-23-42(24-26-43)22-10-9-21-38(46-37(44)39-27-28-17-19-29(45-2)20-18-28)32-13-5-3-11-30(32)31-12-4-6-14-33(31)38/h3-8,11-20H,9-10,21-27H2,1-2H3,(H,39,44). The maximum Gasteiger partial charge on any atom is 0.408 e. The number of piperazine rings is 1. The van der Waals surface area contributed by atoms with Crippen molar-refractivity contribution < 1.29 is 14.3 Å². The Kier molecular flexibility index (Phi) is 8.37. The Morgan fingerprint density at radius 3 is 2.15 bits per heavy atom. The highest BCUT2D eigenvalue weighted by atomic mass is 16.6. The van der Waals surface area contributed by atoms with E-state index in [4.69, 9.17) is 14.5 Å². The number of anilines is 1. The topological polar surface area (TPSA) is 71.9 Å². The van der Waals surface area contributed by atoms with Gasteiger partial charge in [0, 0.05) is 50.9 Å². The van der Waals surface area contributed by atoms with Crippen LogP contribution in [0, 0.1) is 0 Å². The van der Waals surface area contributed by atoms with Crippen molar-refractivity contribution in [3.05, 3.63) is 114 Å². The third kappa shape index (κ3) is 5.69. The number of carbonyl (C=O) groups excluding carboxylic acids is 1. The molecular weight excluding hydrogens is 574 g/mol. The van der Waals surface area contributed by atoms with Crippen molar-refractivity contribution in [1.82, 2.24) is 19.8 Å². The molecular formula is C38H41N5O3. The van der Waals surface area contributed by atoms with Crippen LogP contribution in [0.1, 0.15) is 36.0 Å². The summed E-state index contributed by atoms with van der Waals surface area (Å²) in [4.78, 5) is 23.3. The average Bonchev–Trinajstić information content (AvgIpc) is 3.58. The van der Waals surface area contributed by atoms with E-state index in [1.54, 1.807) is 7.11 Å². The van der Waals surface area contributed by atoms with Crippen LogP contribution in [0.5, 0.6) is 5.75 Å². The minimum absolute atomic E-state index is 0.377. The lowest BCUT2D eigenvalue weighted by atomic mass is 9.86. The lowest BCUT2D eigenvalue weighted by Crippen LogP contribution is -2.47. The predicted octanol–water partition coefficient (Wildman–Crippen LogP) is 6.72. The van der Waals surface area contributed by atoms with Crippen molar-refractivity contribution in [1.29, 1.82) is 0 Å². The van der Waals surface area contributed by atoms with Crippen molar-refractivity contribution in [3.8, 4) is 16.9 Å². The normalized spacial score (nSPS) is 15.4. The number of imidazole rings is 1. The van der Waals surface area contributed by atoms with Crippen LogP contribution in [-0.4, -0.2) is 60.4 Å². The maximum absolute atomic E-state index is 13.5. The molecule has 0 saturated carbocycles. The highest BCUT2D eigenvalue weighted by molar-refractivity contribution is 5.82. The molecule has 8 nitrogen and oxygen atoms in total. The number of para-hydroxylation sites is 2. The van der Waals surface area contributed by atoms with Gasteiger partial charge in [0.25, 0.3) is 0 Å². The molecule has 1 aliphatic heterocycles. The number of nitrogens with zero attached hydrogens (tertiary/aromatic N) is 4. The van der Waals surface area contributed by atoms with Gasteiger partial charge in [-0.2, -0.15) is 0 Å². The first kappa shape index (κ1) is 29.9. The van der Waals surface area contributed by atoms with Crippen LogP contribution in [0.2, 0.25) is 0 Å². The molecule has 0 bridgehead atoms. The number of aromatic nitrogens is 2. The van der Waals surface area contributed by atoms with Crippen LogP contribution in [0.25, 0.3) is 22.2 Å². The van der Waals surface area contributed by atoms with Gasteiger partial charge in [-0.05, 0) is 66.8 Å². The first-order chi connectivity index (χ1) is 22.6. The van der Waals surface area contributed by atoms with Gasteiger partial charge in [0.2, 0.25) is 5.95 Å². The smallest absolute Gasteiger partial charge is 0.408 e. The van der Waals surface area contributed by atoms with E-state index in [-0.39, 0.29) is 0 Å². The Morgan fingerprint density at radius 2 is 1.48 bits per heavy atom. The molecule has 0 unspecified atom stereocenters. The highest BCUT2D eigenvalue weighted by Crippen LogP contribution is 2.52. The average molecular weight is 616 g/mol. The van der Waals surface area contributed by atoms with Gasteiger partial charge in [-0.25, -0.2) is 9.78 Å². The van der Waals surface area contributed by atoms with Crippen molar-refractivity contribution >= 4 is 23.1 Å². The van der Waals surface area contributed by atoms with E-state index in [0.717, 1.165) is 97.0 Å². The molecule has 1 N–H and O–H groups in total. The van der Waals surface area contributed by atoms with Crippen LogP contribution < -0.4 is 15.0 Å². The van der Waals surface area contributed by atoms with E-state index in [2.05, 4.69) is 81.3 Å². The number of unbranched alkanes of at least 4 members (excludes halogenated alkanes) is 1. The molecule has 236 valence electrons. The molecule has 1 aliphatic carbocycles. The fourth-order valence-electron chi connectivity index (χ4n) is 7.12. The molecule has 0 spiro atoms. The maximum atomic E-state index is 13.5. The Bertz CT molecular complexity index is 1780. The summed E-state index contributed by atoms with van der Waals surface area (Å²) in [5.74, 6) is 1.83. The molecule has 5 aromatic rings. The highest BCUT2D eigenvalue weighted by Gasteiger charge is 2.46. The number of carbonyl (C=O) groups is 1. The second-order valence-corrected chi connectivity index (χ2v) is 12.3. The fourth-order valence-corrected chi connectivity index (χ4v) is 7.12. The molecule has 2 aliphatic rings. The molecule has 1 aromatic heterocycles. The summed E-state index contributed by atoms with van der Waals surface area (Å²) in [6.07, 6.45) is 2.26. The Labute approximate surface area is 270 Å². The minimum atomic E-state index is -0.837. The van der Waals surface area contributed by atoms with E-state index in [1.165, 1.54) is 5.52 Å². The van der Waals surface area contributed by atoms with Crippen molar-refractivity contribution in [2.24, 2.45) is 7.05 Å². The van der Waals surface area contributed by atoms with E-state index in [0.29, 0.717) is 6.54 Å². The van der Waals surface area contributed by atoms with Crippen LogP contribution in [0.3, 0.4) is 0 Å². The number of hydrogen-bond donors (Lipinski definition) is 1. The van der Waals surface area contributed by atoms with E-state index < -0.39 is 11.7 Å². The van der Waals surface area contributed by atoms with E-state index in [9.17, 15) is 4.79 Å². The Hall–Kier alpha value is -4.82. The van der Waals surface area contributed by atoms with Crippen LogP contribution >= 0.6 is 0 Å². The third-order valence-corrected chi connectivity index (χ3v) is 9.55. The minimum Gasteiger partial charge on any atom is -0.497 e. The summed E-state index contributed by atoms with van der Waals surface area (Å²) in [7, 11) is 3.75. The molecule has 8 heteroatoms. The Balaban J connectivity index is 1.01. The second kappa shape index (κ2) is 12.9. The van der Waals surface area contributed by atoms with Crippen LogP contribution in [-0.2, 0) is 23.9 Å². The first-order valence-electron chi connectivity index (χ1n) is 16.2. The molecule has 0 radical (unpaired) electrons. The van der Waals surface area contributed by atoms with E-state index in [1.807, 2.05) is 42.5 Å². The number of alkyl carbamates (subject to hydrolysis) is 1. The monoisotopic (exact) mass is 615 g/mol. The Morgan fingerprint density at radius 1 is 0.826 bits per heavy atom. The zero-order valence-electron chi connectivity index (χ0n) is 26.6. The molecule has 0 atom stereocenters. The van der Waals surface area contributed by atoms with Gasteiger partial charge in [0.05, 0.1) is 18.1 Å². The van der Waals surface area contributed by atoms with Crippen LogP contribution in [0.15, 0.2) is 97.1 Å². The number of rotatable bonds is 10. The molecule has 1 amide bonds. The SMILES string of the molecule is COc1ccc(CNC(=O)OC2(CCCCN3CCN(c4nc5ccccc5n4C)CC3)c3ccccc3-c3ccccc32)cc1. The van der Waals surface area contributed by atoms with Gasteiger partial charge < -0.3 is 24.3 Å². The van der Waals surface area contributed by atoms with Gasteiger partial charge >= 0.3 is 6.09 Å². The number of methoxy groups -OCH3 is 1. The number of amides is 1. The fraction of sp³-hybridized carbons (Fsp3) is 0.316. The zero-order valence-corrected chi connectivity index (χ0v) is 26.6. The largest absolute Gasteiger partial charge is 0.497 e. The predicted molar refractivity (Wildman–Crippen MR) is 182 cm³/mol. The number of hydrogen-bond acceptors (Lipinski definition) is 6. The van der Waals surface area contributed by atoms with Crippen molar-refractivity contribution in [2.45, 2.75) is 31.4 Å². The lowest BCUT2D eigenvalue weighted by molar-refractivity contribution is 0.0325. The zero-order chi connectivity index (χ0) is 31.5. The van der Waals surface area contributed by atoms with Crippen molar-refractivity contribution in [2.75, 3.05) is 44.7 Å². The molecule has 7 rings (SSSR count). The van der Waals surface area contributed by atoms with Gasteiger partial charge in [0.1, 0.15) is 5.75 Å². The second-order valence-electron chi connectivity index (χ2n) is 12.3. The van der Waals surface area contributed by atoms with Gasteiger partial charge in [-0.1, -0.05) is 72.8 Å². The number of aryl methyl sites for hydroxylation is 1. The summed E-state index contributed by atoms with van der Waals surface area (Å²) in [5.41, 5.74) is 6.76. The summed E-state index contributed by atoms with van der Waals surface area (Å²) in [6, 6.07) is 32.7.